The van der Waals surface area contributed by atoms with Crippen LogP contribution in [0.3, 0.4) is 0 Å². The summed E-state index contributed by atoms with van der Waals surface area (Å²) in [5.41, 5.74) is 0. The Morgan fingerprint density at radius 3 is 2.59 bits per heavy atom. The van der Waals surface area contributed by atoms with Crippen molar-refractivity contribution in [3.63, 3.8) is 0 Å². The third kappa shape index (κ3) is 2.87. The molecule has 0 atom stereocenters. The van der Waals surface area contributed by atoms with Gasteiger partial charge in [-0.1, -0.05) is 11.6 Å². The fourth-order valence-corrected chi connectivity index (χ4v) is 2.38. The zero-order valence-corrected chi connectivity index (χ0v) is 10.9. The van der Waals surface area contributed by atoms with E-state index in [9.17, 15) is 4.39 Å². The van der Waals surface area contributed by atoms with Crippen LogP contribution in [0, 0.1) is 5.82 Å². The monoisotopic (exact) mass is 257 g/mol. The maximum atomic E-state index is 13.7. The van der Waals surface area contributed by atoms with Gasteiger partial charge in [0.15, 0.2) is 11.6 Å². The van der Waals surface area contributed by atoms with Gasteiger partial charge in [0, 0.05) is 25.3 Å². The highest BCUT2D eigenvalue weighted by atomic mass is 35.5. The third-order valence-corrected chi connectivity index (χ3v) is 3.49. The Bertz CT molecular complexity index is 389. The van der Waals surface area contributed by atoms with Crippen LogP contribution in [0.25, 0.3) is 0 Å². The maximum Gasteiger partial charge on any atom is 0.167 e. The first-order valence-electron chi connectivity index (χ1n) is 5.80. The summed E-state index contributed by atoms with van der Waals surface area (Å²) in [4.78, 5) is 8.29. The number of hydrogen-bond donors (Lipinski definition) is 0. The van der Waals surface area contributed by atoms with Crippen LogP contribution in [-0.2, 0) is 0 Å². The Labute approximate surface area is 106 Å². The SMILES string of the molecule is CN(C)C1CCN(c2ncc(Cl)cc2F)CC1. The summed E-state index contributed by atoms with van der Waals surface area (Å²) in [7, 11) is 4.17. The minimum absolute atomic E-state index is 0.333. The van der Waals surface area contributed by atoms with E-state index in [4.69, 9.17) is 11.6 Å². The summed E-state index contributed by atoms with van der Waals surface area (Å²) < 4.78 is 13.7. The first kappa shape index (κ1) is 12.6. The lowest BCUT2D eigenvalue weighted by Crippen LogP contribution is -2.42. The van der Waals surface area contributed by atoms with E-state index in [0.29, 0.717) is 16.9 Å². The van der Waals surface area contributed by atoms with Crippen molar-refractivity contribution < 1.29 is 4.39 Å². The largest absolute Gasteiger partial charge is 0.354 e. The smallest absolute Gasteiger partial charge is 0.167 e. The van der Waals surface area contributed by atoms with Crippen LogP contribution in [0.4, 0.5) is 10.2 Å². The van der Waals surface area contributed by atoms with Crippen molar-refractivity contribution in [3.05, 3.63) is 23.1 Å². The molecule has 1 aromatic heterocycles. The van der Waals surface area contributed by atoms with Crippen molar-refractivity contribution in [3.8, 4) is 0 Å². The molecule has 2 rings (SSSR count). The Morgan fingerprint density at radius 1 is 1.41 bits per heavy atom. The van der Waals surface area contributed by atoms with Gasteiger partial charge in [0.1, 0.15) is 0 Å². The normalized spacial score (nSPS) is 17.8. The Balaban J connectivity index is 2.05. The first-order chi connectivity index (χ1) is 8.08. The van der Waals surface area contributed by atoms with Gasteiger partial charge < -0.3 is 9.80 Å². The van der Waals surface area contributed by atoms with Gasteiger partial charge in [-0.2, -0.15) is 0 Å². The second-order valence-corrected chi connectivity index (χ2v) is 5.08. The highest BCUT2D eigenvalue weighted by molar-refractivity contribution is 6.30. The number of piperidine rings is 1. The molecule has 0 spiro atoms. The van der Waals surface area contributed by atoms with Gasteiger partial charge in [0.2, 0.25) is 0 Å². The standard InChI is InChI=1S/C12H17ClFN3/c1-16(2)10-3-5-17(6-4-10)12-11(14)7-9(13)8-15-12/h7-8,10H,3-6H2,1-2H3. The van der Waals surface area contributed by atoms with E-state index in [1.165, 1.54) is 12.3 Å². The summed E-state index contributed by atoms with van der Waals surface area (Å²) in [6.07, 6.45) is 3.57. The fraction of sp³-hybridized carbons (Fsp3) is 0.583. The minimum atomic E-state index is -0.333. The molecule has 0 aliphatic carbocycles. The van der Waals surface area contributed by atoms with Crippen LogP contribution in [0.15, 0.2) is 12.3 Å². The van der Waals surface area contributed by atoms with E-state index in [1.807, 2.05) is 4.90 Å². The van der Waals surface area contributed by atoms with E-state index in [-0.39, 0.29) is 5.82 Å². The molecule has 1 aliphatic heterocycles. The zero-order chi connectivity index (χ0) is 12.4. The summed E-state index contributed by atoms with van der Waals surface area (Å²) in [6, 6.07) is 1.91. The second-order valence-electron chi connectivity index (χ2n) is 4.64. The number of anilines is 1. The number of hydrogen-bond acceptors (Lipinski definition) is 3. The molecule has 0 unspecified atom stereocenters. The Hall–Kier alpha value is -0.870. The van der Waals surface area contributed by atoms with Gasteiger partial charge in [-0.05, 0) is 33.0 Å². The van der Waals surface area contributed by atoms with Gasteiger partial charge >= 0.3 is 0 Å². The minimum Gasteiger partial charge on any atom is -0.354 e. The molecule has 0 amide bonds. The molecule has 94 valence electrons. The Kier molecular flexibility index (Phi) is 3.84. The quantitative estimate of drug-likeness (QED) is 0.811. The van der Waals surface area contributed by atoms with E-state index >= 15 is 0 Å². The van der Waals surface area contributed by atoms with Gasteiger partial charge in [0.05, 0.1) is 5.02 Å². The van der Waals surface area contributed by atoms with Gasteiger partial charge in [-0.15, -0.1) is 0 Å². The third-order valence-electron chi connectivity index (χ3n) is 3.28. The average Bonchev–Trinajstić information content (AvgIpc) is 2.29. The molecule has 17 heavy (non-hydrogen) atoms. The van der Waals surface area contributed by atoms with Crippen LogP contribution in [-0.4, -0.2) is 43.1 Å². The van der Waals surface area contributed by atoms with E-state index in [1.54, 1.807) is 0 Å². The maximum absolute atomic E-state index is 13.7. The lowest BCUT2D eigenvalue weighted by atomic mass is 10.0. The molecule has 1 aliphatic rings. The topological polar surface area (TPSA) is 19.4 Å². The Morgan fingerprint density at radius 2 is 2.06 bits per heavy atom. The molecule has 0 radical (unpaired) electrons. The van der Waals surface area contributed by atoms with Gasteiger partial charge in [-0.3, -0.25) is 0 Å². The molecule has 0 N–H and O–H groups in total. The number of aromatic nitrogens is 1. The van der Waals surface area contributed by atoms with Crippen molar-refractivity contribution in [1.82, 2.24) is 9.88 Å². The predicted octanol–water partition coefficient (Wildman–Crippen LogP) is 2.40. The molecular formula is C12H17ClFN3. The first-order valence-corrected chi connectivity index (χ1v) is 6.18. The van der Waals surface area contributed by atoms with E-state index in [2.05, 4.69) is 24.0 Å². The number of pyridine rings is 1. The lowest BCUT2D eigenvalue weighted by molar-refractivity contribution is 0.249. The van der Waals surface area contributed by atoms with E-state index < -0.39 is 0 Å². The van der Waals surface area contributed by atoms with E-state index in [0.717, 1.165) is 25.9 Å². The summed E-state index contributed by atoms with van der Waals surface area (Å²) in [6.45, 7) is 1.68. The van der Waals surface area contributed by atoms with Crippen LogP contribution in [0.2, 0.25) is 5.02 Å². The molecule has 3 nitrogen and oxygen atoms in total. The summed E-state index contributed by atoms with van der Waals surface area (Å²) in [5, 5.41) is 0.342. The van der Waals surface area contributed by atoms with Gasteiger partial charge in [-0.25, -0.2) is 9.37 Å². The second kappa shape index (κ2) is 5.19. The summed E-state index contributed by atoms with van der Waals surface area (Å²) in [5.74, 6) is 0.0902. The van der Waals surface area contributed by atoms with Crippen LogP contribution >= 0.6 is 11.6 Å². The molecular weight excluding hydrogens is 241 g/mol. The highest BCUT2D eigenvalue weighted by Crippen LogP contribution is 2.24. The molecule has 2 heterocycles. The van der Waals surface area contributed by atoms with Crippen LogP contribution in [0.5, 0.6) is 0 Å². The molecule has 1 aromatic rings. The van der Waals surface area contributed by atoms with Crippen LogP contribution < -0.4 is 4.90 Å². The summed E-state index contributed by atoms with van der Waals surface area (Å²) >= 11 is 5.69. The predicted molar refractivity (Wildman–Crippen MR) is 68.1 cm³/mol. The average molecular weight is 258 g/mol. The molecule has 1 fully saturated rings. The molecule has 0 aromatic carbocycles. The van der Waals surface area contributed by atoms with Crippen molar-refractivity contribution in [2.75, 3.05) is 32.1 Å². The van der Waals surface area contributed by atoms with Crippen molar-refractivity contribution in [2.24, 2.45) is 0 Å². The van der Waals surface area contributed by atoms with Gasteiger partial charge in [0.25, 0.3) is 0 Å². The number of rotatable bonds is 2. The molecule has 5 heteroatoms. The van der Waals surface area contributed by atoms with Crippen molar-refractivity contribution >= 4 is 17.4 Å². The molecule has 1 saturated heterocycles. The zero-order valence-electron chi connectivity index (χ0n) is 10.2. The number of nitrogens with zero attached hydrogens (tertiary/aromatic N) is 3. The fourth-order valence-electron chi connectivity index (χ4n) is 2.23. The number of halogens is 2. The highest BCUT2D eigenvalue weighted by Gasteiger charge is 2.23. The lowest BCUT2D eigenvalue weighted by Gasteiger charge is -2.35. The molecule has 0 bridgehead atoms. The van der Waals surface area contributed by atoms with Crippen molar-refractivity contribution in [2.45, 2.75) is 18.9 Å². The molecule has 0 saturated carbocycles. The van der Waals surface area contributed by atoms with Crippen molar-refractivity contribution in [1.29, 1.82) is 0 Å². The van der Waals surface area contributed by atoms with Crippen LogP contribution in [0.1, 0.15) is 12.8 Å².